The second-order valence-corrected chi connectivity index (χ2v) is 5.87. The van der Waals surface area contributed by atoms with Gasteiger partial charge in [0, 0.05) is 11.0 Å². The van der Waals surface area contributed by atoms with E-state index in [0.29, 0.717) is 11.7 Å². The minimum Gasteiger partial charge on any atom is -0.294 e. The Morgan fingerprint density at radius 2 is 1.65 bits per heavy atom. The largest absolute Gasteiger partial charge is 0.294 e. The van der Waals surface area contributed by atoms with Crippen LogP contribution >= 0.6 is 0 Å². The maximum Gasteiger partial charge on any atom is 0.168 e. The first-order chi connectivity index (χ1) is 8.03. The summed E-state index contributed by atoms with van der Waals surface area (Å²) < 4.78 is 0. The molecule has 0 unspecified atom stereocenters. The molecule has 0 spiro atoms. The molecule has 92 valence electrons. The van der Waals surface area contributed by atoms with Crippen molar-refractivity contribution >= 4 is 5.78 Å². The van der Waals surface area contributed by atoms with Gasteiger partial charge >= 0.3 is 0 Å². The first-order valence-electron chi connectivity index (χ1n) is 6.68. The number of hydrogen-bond acceptors (Lipinski definition) is 1. The molecule has 1 aromatic carbocycles. The van der Waals surface area contributed by atoms with Gasteiger partial charge in [-0.25, -0.2) is 0 Å². The summed E-state index contributed by atoms with van der Waals surface area (Å²) in [6, 6.07) is 8.19. The van der Waals surface area contributed by atoms with Crippen molar-refractivity contribution in [3.05, 3.63) is 35.4 Å². The normalized spacial score (nSPS) is 18.6. The second kappa shape index (κ2) is 4.64. The van der Waals surface area contributed by atoms with Crippen LogP contribution in [0.1, 0.15) is 68.3 Å². The SMILES string of the molecule is CC(C)c1ccc(C(=O)C2(C)CCCC2)cc1. The Bertz CT molecular complexity index is 394. The topological polar surface area (TPSA) is 17.1 Å². The Morgan fingerprint density at radius 1 is 1.12 bits per heavy atom. The molecule has 17 heavy (non-hydrogen) atoms. The highest BCUT2D eigenvalue weighted by Crippen LogP contribution is 2.40. The summed E-state index contributed by atoms with van der Waals surface area (Å²) >= 11 is 0. The van der Waals surface area contributed by atoms with E-state index in [-0.39, 0.29) is 5.41 Å². The molecule has 0 bridgehead atoms. The van der Waals surface area contributed by atoms with Crippen molar-refractivity contribution in [2.45, 2.75) is 52.4 Å². The minimum atomic E-state index is -0.0979. The summed E-state index contributed by atoms with van der Waals surface area (Å²) in [6.07, 6.45) is 4.51. The molecule has 0 atom stereocenters. The van der Waals surface area contributed by atoms with Gasteiger partial charge in [0.1, 0.15) is 0 Å². The first kappa shape index (κ1) is 12.3. The molecular formula is C16H22O. The first-order valence-corrected chi connectivity index (χ1v) is 6.68. The number of carbonyl (C=O) groups excluding carboxylic acids is 1. The zero-order valence-electron chi connectivity index (χ0n) is 11.1. The van der Waals surface area contributed by atoms with E-state index in [1.807, 2.05) is 12.1 Å². The lowest BCUT2D eigenvalue weighted by atomic mass is 9.80. The van der Waals surface area contributed by atoms with Crippen LogP contribution in [0.3, 0.4) is 0 Å². The standard InChI is InChI=1S/C16H22O/c1-12(2)13-6-8-14(9-7-13)15(17)16(3)10-4-5-11-16/h6-9,12H,4-5,10-11H2,1-3H3. The second-order valence-electron chi connectivity index (χ2n) is 5.87. The summed E-state index contributed by atoms with van der Waals surface area (Å²) in [6.45, 7) is 6.48. The maximum atomic E-state index is 12.4. The lowest BCUT2D eigenvalue weighted by Gasteiger charge is -2.21. The van der Waals surface area contributed by atoms with E-state index in [1.54, 1.807) is 0 Å². The van der Waals surface area contributed by atoms with Crippen LogP contribution in [0.5, 0.6) is 0 Å². The van der Waals surface area contributed by atoms with Crippen LogP contribution in [0.15, 0.2) is 24.3 Å². The van der Waals surface area contributed by atoms with Crippen molar-refractivity contribution in [1.82, 2.24) is 0 Å². The molecule has 1 aliphatic rings. The Hall–Kier alpha value is -1.11. The summed E-state index contributed by atoms with van der Waals surface area (Å²) in [4.78, 5) is 12.4. The van der Waals surface area contributed by atoms with Gasteiger partial charge in [-0.3, -0.25) is 4.79 Å². The third kappa shape index (κ3) is 2.43. The molecule has 1 heteroatoms. The zero-order valence-corrected chi connectivity index (χ0v) is 11.1. The summed E-state index contributed by atoms with van der Waals surface area (Å²) in [5, 5.41) is 0. The van der Waals surface area contributed by atoms with Gasteiger partial charge in [-0.1, -0.05) is 57.9 Å². The van der Waals surface area contributed by atoms with Crippen LogP contribution in [0.2, 0.25) is 0 Å². The van der Waals surface area contributed by atoms with Crippen molar-refractivity contribution in [3.8, 4) is 0 Å². The molecule has 0 aliphatic heterocycles. The smallest absolute Gasteiger partial charge is 0.168 e. The van der Waals surface area contributed by atoms with Crippen molar-refractivity contribution in [2.24, 2.45) is 5.41 Å². The van der Waals surface area contributed by atoms with E-state index in [1.165, 1.54) is 18.4 Å². The van der Waals surface area contributed by atoms with Crippen LogP contribution in [-0.2, 0) is 0 Å². The molecule has 0 saturated heterocycles. The minimum absolute atomic E-state index is 0.0979. The predicted molar refractivity (Wildman–Crippen MR) is 71.4 cm³/mol. The fourth-order valence-electron chi connectivity index (χ4n) is 2.75. The summed E-state index contributed by atoms with van der Waals surface area (Å²) in [7, 11) is 0. The monoisotopic (exact) mass is 230 g/mol. The van der Waals surface area contributed by atoms with Crippen molar-refractivity contribution < 1.29 is 4.79 Å². The van der Waals surface area contributed by atoms with E-state index >= 15 is 0 Å². The lowest BCUT2D eigenvalue weighted by Crippen LogP contribution is -2.24. The van der Waals surface area contributed by atoms with Gasteiger partial charge in [-0.05, 0) is 24.3 Å². The van der Waals surface area contributed by atoms with Crippen LogP contribution in [-0.4, -0.2) is 5.78 Å². The number of rotatable bonds is 3. The fraction of sp³-hybridized carbons (Fsp3) is 0.562. The van der Waals surface area contributed by atoms with E-state index in [4.69, 9.17) is 0 Å². The highest BCUT2D eigenvalue weighted by Gasteiger charge is 2.36. The molecular weight excluding hydrogens is 208 g/mol. The molecule has 1 aromatic rings. The van der Waals surface area contributed by atoms with Crippen LogP contribution < -0.4 is 0 Å². The quantitative estimate of drug-likeness (QED) is 0.695. The molecule has 0 N–H and O–H groups in total. The lowest BCUT2D eigenvalue weighted by molar-refractivity contribution is 0.0823. The number of benzene rings is 1. The summed E-state index contributed by atoms with van der Waals surface area (Å²) in [5.41, 5.74) is 2.09. The Kier molecular flexibility index (Phi) is 3.37. The molecule has 0 radical (unpaired) electrons. The van der Waals surface area contributed by atoms with Crippen molar-refractivity contribution in [3.63, 3.8) is 0 Å². The average Bonchev–Trinajstić information content (AvgIpc) is 2.76. The van der Waals surface area contributed by atoms with E-state index in [2.05, 4.69) is 32.9 Å². The van der Waals surface area contributed by atoms with Crippen molar-refractivity contribution in [2.75, 3.05) is 0 Å². The van der Waals surface area contributed by atoms with Gasteiger partial charge in [0.05, 0.1) is 0 Å². The zero-order chi connectivity index (χ0) is 12.5. The summed E-state index contributed by atoms with van der Waals surface area (Å²) in [5.74, 6) is 0.867. The Labute approximate surface area is 104 Å². The van der Waals surface area contributed by atoms with Crippen LogP contribution in [0.4, 0.5) is 0 Å². The number of hydrogen-bond donors (Lipinski definition) is 0. The van der Waals surface area contributed by atoms with Gasteiger partial charge in [-0.15, -0.1) is 0 Å². The molecule has 0 amide bonds. The fourth-order valence-corrected chi connectivity index (χ4v) is 2.75. The third-order valence-electron chi connectivity index (χ3n) is 4.09. The predicted octanol–water partition coefficient (Wildman–Crippen LogP) is 4.57. The van der Waals surface area contributed by atoms with E-state index in [0.717, 1.165) is 18.4 Å². The maximum absolute atomic E-state index is 12.4. The highest BCUT2D eigenvalue weighted by molar-refractivity contribution is 6.00. The van der Waals surface area contributed by atoms with Gasteiger partial charge in [0.2, 0.25) is 0 Å². The molecule has 1 fully saturated rings. The number of carbonyl (C=O) groups is 1. The van der Waals surface area contributed by atoms with E-state index in [9.17, 15) is 4.79 Å². The molecule has 0 aromatic heterocycles. The third-order valence-corrected chi connectivity index (χ3v) is 4.09. The molecule has 1 nitrogen and oxygen atoms in total. The van der Waals surface area contributed by atoms with Gasteiger partial charge in [-0.2, -0.15) is 0 Å². The van der Waals surface area contributed by atoms with Gasteiger partial charge in [0.25, 0.3) is 0 Å². The molecule has 0 heterocycles. The Balaban J connectivity index is 2.20. The van der Waals surface area contributed by atoms with Gasteiger partial charge in [0.15, 0.2) is 5.78 Å². The molecule has 1 saturated carbocycles. The average molecular weight is 230 g/mol. The van der Waals surface area contributed by atoms with Crippen LogP contribution in [0.25, 0.3) is 0 Å². The molecule has 1 aliphatic carbocycles. The highest BCUT2D eigenvalue weighted by atomic mass is 16.1. The van der Waals surface area contributed by atoms with Crippen LogP contribution in [0, 0.1) is 5.41 Å². The molecule has 2 rings (SSSR count). The van der Waals surface area contributed by atoms with Crippen molar-refractivity contribution in [1.29, 1.82) is 0 Å². The van der Waals surface area contributed by atoms with Gasteiger partial charge < -0.3 is 0 Å². The Morgan fingerprint density at radius 3 is 2.12 bits per heavy atom. The number of ketones is 1. The van der Waals surface area contributed by atoms with E-state index < -0.39 is 0 Å². The number of Topliss-reactive ketones (excluding diaryl/α,β-unsaturated/α-hetero) is 1.